The monoisotopic (exact) mass is 444 g/mol. The molecule has 1 saturated carbocycles. The number of ether oxygens (including phenoxy) is 2. The van der Waals surface area contributed by atoms with E-state index in [0.717, 1.165) is 57.4 Å². The van der Waals surface area contributed by atoms with Crippen molar-refractivity contribution in [3.8, 4) is 5.75 Å². The highest BCUT2D eigenvalue weighted by Crippen LogP contribution is 2.34. The average Bonchev–Trinajstić information content (AvgIpc) is 2.78. The lowest BCUT2D eigenvalue weighted by Gasteiger charge is -2.37. The molecule has 1 aromatic carbocycles. The van der Waals surface area contributed by atoms with Crippen molar-refractivity contribution in [3.63, 3.8) is 0 Å². The molecule has 6 nitrogen and oxygen atoms in total. The van der Waals surface area contributed by atoms with Crippen LogP contribution in [0.15, 0.2) is 24.3 Å². The van der Waals surface area contributed by atoms with Gasteiger partial charge < -0.3 is 19.3 Å². The molecule has 32 heavy (non-hydrogen) atoms. The molecule has 1 aliphatic carbocycles. The first kappa shape index (κ1) is 24.4. The van der Waals surface area contributed by atoms with Crippen LogP contribution >= 0.6 is 0 Å². The largest absolute Gasteiger partial charge is 0.497 e. The van der Waals surface area contributed by atoms with Gasteiger partial charge in [-0.15, -0.1) is 0 Å². The third-order valence-electron chi connectivity index (χ3n) is 6.83. The summed E-state index contributed by atoms with van der Waals surface area (Å²) in [6.45, 7) is 8.04. The molecular formula is C26H40N2O4. The normalized spacial score (nSPS) is 22.3. The molecule has 1 saturated heterocycles. The second kappa shape index (κ2) is 10.6. The number of benzene rings is 1. The molecule has 0 N–H and O–H groups in total. The molecule has 2 aliphatic rings. The van der Waals surface area contributed by atoms with E-state index in [2.05, 4.69) is 17.0 Å². The SMILES string of the molecule is COc1ccc(C2CCN(C(=O)[C@H]3CC[C@H](CN(C)C(=O)OC(C)(C)C)CC3)CC2)cc1. The van der Waals surface area contributed by atoms with Crippen LogP contribution in [0.5, 0.6) is 5.75 Å². The zero-order chi connectivity index (χ0) is 23.3. The lowest BCUT2D eigenvalue weighted by atomic mass is 9.80. The lowest BCUT2D eigenvalue weighted by Crippen LogP contribution is -2.43. The third-order valence-corrected chi connectivity index (χ3v) is 6.83. The molecule has 2 fully saturated rings. The number of rotatable bonds is 5. The molecule has 0 atom stereocenters. The maximum atomic E-state index is 13.1. The predicted molar refractivity (Wildman–Crippen MR) is 126 cm³/mol. The minimum atomic E-state index is -0.476. The van der Waals surface area contributed by atoms with Crippen LogP contribution in [0.4, 0.5) is 4.79 Å². The Kier molecular flexibility index (Phi) is 8.07. The Balaban J connectivity index is 1.41. The van der Waals surface area contributed by atoms with E-state index in [1.54, 1.807) is 19.1 Å². The van der Waals surface area contributed by atoms with E-state index in [1.807, 2.05) is 32.9 Å². The molecular weight excluding hydrogens is 404 g/mol. The Morgan fingerprint density at radius 1 is 1.00 bits per heavy atom. The Morgan fingerprint density at radius 3 is 2.12 bits per heavy atom. The molecule has 1 aliphatic heterocycles. The van der Waals surface area contributed by atoms with E-state index in [1.165, 1.54) is 5.56 Å². The molecule has 0 radical (unpaired) electrons. The van der Waals surface area contributed by atoms with Crippen LogP contribution < -0.4 is 4.74 Å². The molecule has 1 heterocycles. The van der Waals surface area contributed by atoms with Crippen LogP contribution in [0, 0.1) is 11.8 Å². The van der Waals surface area contributed by atoms with E-state index in [0.29, 0.717) is 24.3 Å². The number of nitrogens with zero attached hydrogens (tertiary/aromatic N) is 2. The van der Waals surface area contributed by atoms with Gasteiger partial charge in [0.25, 0.3) is 0 Å². The fourth-order valence-corrected chi connectivity index (χ4v) is 4.96. The van der Waals surface area contributed by atoms with Gasteiger partial charge in [0.2, 0.25) is 5.91 Å². The van der Waals surface area contributed by atoms with Gasteiger partial charge >= 0.3 is 6.09 Å². The number of carbonyl (C=O) groups is 2. The minimum absolute atomic E-state index is 0.135. The van der Waals surface area contributed by atoms with Crippen molar-refractivity contribution in [1.82, 2.24) is 9.80 Å². The van der Waals surface area contributed by atoms with Crippen LogP contribution in [-0.2, 0) is 9.53 Å². The van der Waals surface area contributed by atoms with E-state index in [4.69, 9.17) is 9.47 Å². The number of methoxy groups -OCH3 is 1. The summed E-state index contributed by atoms with van der Waals surface area (Å²) in [4.78, 5) is 29.1. The summed E-state index contributed by atoms with van der Waals surface area (Å²) < 4.78 is 10.7. The number of amides is 2. The van der Waals surface area contributed by atoms with E-state index < -0.39 is 5.60 Å². The fourth-order valence-electron chi connectivity index (χ4n) is 4.96. The number of likely N-dealkylation sites (tertiary alicyclic amines) is 1. The Labute approximate surface area is 193 Å². The van der Waals surface area contributed by atoms with Gasteiger partial charge in [-0.05, 0) is 88.8 Å². The summed E-state index contributed by atoms with van der Waals surface area (Å²) in [6, 6.07) is 8.34. The summed E-state index contributed by atoms with van der Waals surface area (Å²) in [6.07, 6.45) is 5.60. The van der Waals surface area contributed by atoms with E-state index >= 15 is 0 Å². The van der Waals surface area contributed by atoms with Gasteiger partial charge in [0, 0.05) is 32.6 Å². The van der Waals surface area contributed by atoms with Crippen LogP contribution in [0.3, 0.4) is 0 Å². The summed E-state index contributed by atoms with van der Waals surface area (Å²) >= 11 is 0. The quantitative estimate of drug-likeness (QED) is 0.636. The summed E-state index contributed by atoms with van der Waals surface area (Å²) in [5.41, 5.74) is 0.864. The Hall–Kier alpha value is -2.24. The first-order chi connectivity index (χ1) is 15.2. The van der Waals surface area contributed by atoms with Gasteiger partial charge in [-0.25, -0.2) is 4.79 Å². The van der Waals surface area contributed by atoms with Crippen LogP contribution in [-0.4, -0.2) is 61.2 Å². The van der Waals surface area contributed by atoms with Crippen LogP contribution in [0.2, 0.25) is 0 Å². The second-order valence-electron chi connectivity index (χ2n) is 10.5. The highest BCUT2D eigenvalue weighted by Gasteiger charge is 2.32. The molecule has 0 aromatic heterocycles. The van der Waals surface area contributed by atoms with Gasteiger partial charge in [-0.1, -0.05) is 12.1 Å². The number of carbonyl (C=O) groups excluding carboxylic acids is 2. The van der Waals surface area contributed by atoms with Crippen molar-refractivity contribution in [1.29, 1.82) is 0 Å². The molecule has 1 aromatic rings. The highest BCUT2D eigenvalue weighted by atomic mass is 16.6. The fraction of sp³-hybridized carbons (Fsp3) is 0.692. The molecule has 0 unspecified atom stereocenters. The third kappa shape index (κ3) is 6.63. The van der Waals surface area contributed by atoms with Crippen molar-refractivity contribution >= 4 is 12.0 Å². The van der Waals surface area contributed by atoms with Gasteiger partial charge in [0.15, 0.2) is 0 Å². The summed E-state index contributed by atoms with van der Waals surface area (Å²) in [5, 5.41) is 0. The van der Waals surface area contributed by atoms with Crippen LogP contribution in [0.1, 0.15) is 70.8 Å². The highest BCUT2D eigenvalue weighted by molar-refractivity contribution is 5.79. The molecule has 0 bridgehead atoms. The predicted octanol–water partition coefficient (Wildman–Crippen LogP) is 5.07. The summed E-state index contributed by atoms with van der Waals surface area (Å²) in [5.74, 6) is 2.31. The summed E-state index contributed by atoms with van der Waals surface area (Å²) in [7, 11) is 3.49. The Bertz CT molecular complexity index is 755. The molecule has 6 heteroatoms. The topological polar surface area (TPSA) is 59.1 Å². The Morgan fingerprint density at radius 2 is 1.59 bits per heavy atom. The van der Waals surface area contributed by atoms with Crippen molar-refractivity contribution in [3.05, 3.63) is 29.8 Å². The molecule has 3 rings (SSSR count). The van der Waals surface area contributed by atoms with Crippen molar-refractivity contribution in [2.24, 2.45) is 11.8 Å². The van der Waals surface area contributed by atoms with Gasteiger partial charge in [0.05, 0.1) is 7.11 Å². The van der Waals surface area contributed by atoms with Gasteiger partial charge in [0.1, 0.15) is 11.4 Å². The molecule has 0 spiro atoms. The number of piperidine rings is 1. The van der Waals surface area contributed by atoms with Crippen molar-refractivity contribution in [2.75, 3.05) is 33.8 Å². The number of hydrogen-bond donors (Lipinski definition) is 0. The van der Waals surface area contributed by atoms with Crippen molar-refractivity contribution < 1.29 is 19.1 Å². The second-order valence-corrected chi connectivity index (χ2v) is 10.5. The average molecular weight is 445 g/mol. The lowest BCUT2D eigenvalue weighted by molar-refractivity contribution is -0.138. The van der Waals surface area contributed by atoms with Gasteiger partial charge in [-0.2, -0.15) is 0 Å². The van der Waals surface area contributed by atoms with Crippen LogP contribution in [0.25, 0.3) is 0 Å². The van der Waals surface area contributed by atoms with E-state index in [9.17, 15) is 9.59 Å². The molecule has 178 valence electrons. The zero-order valence-corrected chi connectivity index (χ0v) is 20.4. The van der Waals surface area contributed by atoms with E-state index in [-0.39, 0.29) is 12.0 Å². The van der Waals surface area contributed by atoms with Gasteiger partial charge in [-0.3, -0.25) is 4.79 Å². The maximum absolute atomic E-state index is 13.1. The minimum Gasteiger partial charge on any atom is -0.497 e. The smallest absolute Gasteiger partial charge is 0.410 e. The first-order valence-corrected chi connectivity index (χ1v) is 12.0. The first-order valence-electron chi connectivity index (χ1n) is 12.0. The molecule has 2 amide bonds. The van der Waals surface area contributed by atoms with Crippen molar-refractivity contribution in [2.45, 2.75) is 70.8 Å². The maximum Gasteiger partial charge on any atom is 0.410 e. The number of hydrogen-bond acceptors (Lipinski definition) is 4. The standard InChI is InChI=1S/C26H40N2O4/c1-26(2,3)32-25(30)27(4)18-19-6-8-22(9-7-19)24(29)28-16-14-21(15-17-28)20-10-12-23(31-5)13-11-20/h10-13,19,21-22H,6-9,14-18H2,1-5H3/t19-,22-. The zero-order valence-electron chi connectivity index (χ0n) is 20.4.